The van der Waals surface area contributed by atoms with Crippen LogP contribution in [0.25, 0.3) is 5.65 Å². The lowest BCUT2D eigenvalue weighted by atomic mass is 9.84. The van der Waals surface area contributed by atoms with Gasteiger partial charge >= 0.3 is 0 Å². The summed E-state index contributed by atoms with van der Waals surface area (Å²) in [6.45, 7) is 7.17. The average molecular weight is 247 g/mol. The van der Waals surface area contributed by atoms with E-state index in [0.29, 0.717) is 0 Å². The summed E-state index contributed by atoms with van der Waals surface area (Å²) in [4.78, 5) is 4.28. The molecule has 2 aromatic rings. The van der Waals surface area contributed by atoms with Crippen molar-refractivity contribution in [2.45, 2.75) is 40.0 Å². The van der Waals surface area contributed by atoms with Crippen LogP contribution in [0.4, 0.5) is 0 Å². The third-order valence-electron chi connectivity index (χ3n) is 3.35. The highest BCUT2D eigenvalue weighted by molar-refractivity contribution is 5.37. The average Bonchev–Trinajstić information content (AvgIpc) is 2.68. The molecule has 0 radical (unpaired) electrons. The highest BCUT2D eigenvalue weighted by Gasteiger charge is 2.18. The molecule has 0 aromatic carbocycles. The number of rotatable bonds is 5. The van der Waals surface area contributed by atoms with Gasteiger partial charge in [-0.2, -0.15) is 0 Å². The highest BCUT2D eigenvalue weighted by atomic mass is 15.3. The summed E-state index contributed by atoms with van der Waals surface area (Å²) >= 11 is 0. The van der Waals surface area contributed by atoms with Crippen LogP contribution in [0.2, 0.25) is 0 Å². The molecule has 0 aliphatic heterocycles. The summed E-state index contributed by atoms with van der Waals surface area (Å²) in [6, 6.07) is 1.95. The molecule has 2 rings (SSSR count). The minimum Gasteiger partial charge on any atom is -0.330 e. The second-order valence-corrected chi connectivity index (χ2v) is 5.58. The Kier molecular flexibility index (Phi) is 3.61. The van der Waals surface area contributed by atoms with Gasteiger partial charge in [-0.15, -0.1) is 10.2 Å². The molecule has 5 heteroatoms. The Hall–Kier alpha value is -1.49. The minimum absolute atomic E-state index is 0.249. The maximum atomic E-state index is 5.63. The van der Waals surface area contributed by atoms with E-state index >= 15 is 0 Å². The lowest BCUT2D eigenvalue weighted by Crippen LogP contribution is -2.18. The van der Waals surface area contributed by atoms with Crippen molar-refractivity contribution in [3.63, 3.8) is 0 Å². The third-order valence-corrected chi connectivity index (χ3v) is 3.35. The molecular weight excluding hydrogens is 226 g/mol. The third kappa shape index (κ3) is 2.85. The Labute approximate surface area is 107 Å². The highest BCUT2D eigenvalue weighted by Crippen LogP contribution is 2.25. The van der Waals surface area contributed by atoms with E-state index in [1.165, 1.54) is 0 Å². The molecule has 98 valence electrons. The summed E-state index contributed by atoms with van der Waals surface area (Å²) in [5.41, 5.74) is 7.71. The van der Waals surface area contributed by atoms with Crippen LogP contribution in [0.15, 0.2) is 12.4 Å². The molecule has 0 saturated heterocycles. The molecule has 5 nitrogen and oxygen atoms in total. The Bertz CT molecular complexity index is 529. The van der Waals surface area contributed by atoms with Gasteiger partial charge in [0.1, 0.15) is 12.2 Å². The first-order chi connectivity index (χ1) is 8.52. The normalized spacial score (nSPS) is 12.2. The van der Waals surface area contributed by atoms with Gasteiger partial charge in [-0.1, -0.05) is 13.8 Å². The van der Waals surface area contributed by atoms with Gasteiger partial charge in [0.25, 0.3) is 0 Å². The van der Waals surface area contributed by atoms with Crippen LogP contribution >= 0.6 is 0 Å². The van der Waals surface area contributed by atoms with Crippen molar-refractivity contribution in [1.29, 1.82) is 0 Å². The predicted molar refractivity (Wildman–Crippen MR) is 71.3 cm³/mol. The molecule has 0 saturated carbocycles. The van der Waals surface area contributed by atoms with Crippen LogP contribution < -0.4 is 5.73 Å². The first-order valence-electron chi connectivity index (χ1n) is 6.38. The first kappa shape index (κ1) is 13.0. The SMILES string of the molecule is Cc1cc2nnc(CCC(C)(C)CCN)n2cn1. The zero-order valence-corrected chi connectivity index (χ0v) is 11.3. The molecule has 0 unspecified atom stereocenters. The van der Waals surface area contributed by atoms with E-state index in [4.69, 9.17) is 5.73 Å². The van der Waals surface area contributed by atoms with Crippen molar-refractivity contribution in [3.05, 3.63) is 23.9 Å². The molecule has 2 N–H and O–H groups in total. The molecule has 0 bridgehead atoms. The molecule has 0 aliphatic carbocycles. The second kappa shape index (κ2) is 5.02. The lowest BCUT2D eigenvalue weighted by molar-refractivity contribution is 0.310. The maximum absolute atomic E-state index is 5.63. The molecule has 18 heavy (non-hydrogen) atoms. The maximum Gasteiger partial charge on any atom is 0.163 e. The number of aryl methyl sites for hydroxylation is 2. The van der Waals surface area contributed by atoms with Gasteiger partial charge in [-0.25, -0.2) is 4.98 Å². The predicted octanol–water partition coefficient (Wildman–Crippen LogP) is 1.74. The molecular formula is C13H21N5. The molecule has 2 heterocycles. The van der Waals surface area contributed by atoms with Crippen molar-refractivity contribution in [3.8, 4) is 0 Å². The van der Waals surface area contributed by atoms with Gasteiger partial charge in [-0.05, 0) is 31.7 Å². The van der Waals surface area contributed by atoms with Crippen molar-refractivity contribution in [2.24, 2.45) is 11.1 Å². The van der Waals surface area contributed by atoms with Gasteiger partial charge in [0.2, 0.25) is 0 Å². The number of hydrogen-bond acceptors (Lipinski definition) is 4. The largest absolute Gasteiger partial charge is 0.330 e. The number of aromatic nitrogens is 4. The number of nitrogens with zero attached hydrogens (tertiary/aromatic N) is 4. The Morgan fingerprint density at radius 3 is 2.78 bits per heavy atom. The van der Waals surface area contributed by atoms with Crippen LogP contribution in [-0.4, -0.2) is 26.1 Å². The van der Waals surface area contributed by atoms with E-state index in [0.717, 1.165) is 43.0 Å². The van der Waals surface area contributed by atoms with Crippen molar-refractivity contribution >= 4 is 5.65 Å². The number of nitrogens with two attached hydrogens (primary N) is 1. The quantitative estimate of drug-likeness (QED) is 0.873. The fourth-order valence-corrected chi connectivity index (χ4v) is 2.07. The van der Waals surface area contributed by atoms with Crippen molar-refractivity contribution in [1.82, 2.24) is 19.6 Å². The Balaban J connectivity index is 2.13. The van der Waals surface area contributed by atoms with Gasteiger partial charge < -0.3 is 5.73 Å². The van der Waals surface area contributed by atoms with E-state index in [-0.39, 0.29) is 5.41 Å². The molecule has 0 amide bonds. The summed E-state index contributed by atoms with van der Waals surface area (Å²) < 4.78 is 1.96. The Morgan fingerprint density at radius 1 is 1.28 bits per heavy atom. The van der Waals surface area contributed by atoms with Crippen LogP contribution in [0.1, 0.15) is 38.2 Å². The van der Waals surface area contributed by atoms with Crippen LogP contribution in [-0.2, 0) is 6.42 Å². The van der Waals surface area contributed by atoms with E-state index in [1.54, 1.807) is 6.33 Å². The lowest BCUT2D eigenvalue weighted by Gasteiger charge is -2.23. The van der Waals surface area contributed by atoms with Crippen LogP contribution in [0.3, 0.4) is 0 Å². The minimum atomic E-state index is 0.249. The van der Waals surface area contributed by atoms with Crippen LogP contribution in [0.5, 0.6) is 0 Å². The van der Waals surface area contributed by atoms with Gasteiger partial charge in [0.05, 0.1) is 0 Å². The van der Waals surface area contributed by atoms with E-state index < -0.39 is 0 Å². The first-order valence-corrected chi connectivity index (χ1v) is 6.38. The zero-order chi connectivity index (χ0) is 13.2. The fraction of sp³-hybridized carbons (Fsp3) is 0.615. The topological polar surface area (TPSA) is 69.1 Å². The molecule has 0 spiro atoms. The standard InChI is InChI=1S/C13H21N5/c1-10-8-12-17-16-11(18(12)9-15-10)4-5-13(2,3)6-7-14/h8-9H,4-7,14H2,1-3H3. The van der Waals surface area contributed by atoms with Crippen molar-refractivity contribution in [2.75, 3.05) is 6.54 Å². The van der Waals surface area contributed by atoms with Gasteiger partial charge in [0, 0.05) is 18.2 Å². The summed E-state index contributed by atoms with van der Waals surface area (Å²) in [5, 5.41) is 8.42. The fourth-order valence-electron chi connectivity index (χ4n) is 2.07. The van der Waals surface area contributed by atoms with Gasteiger partial charge in [-0.3, -0.25) is 4.40 Å². The molecule has 0 aliphatic rings. The van der Waals surface area contributed by atoms with E-state index in [1.807, 2.05) is 17.4 Å². The van der Waals surface area contributed by atoms with E-state index in [2.05, 4.69) is 29.0 Å². The molecule has 0 atom stereocenters. The number of fused-ring (bicyclic) bond motifs is 1. The van der Waals surface area contributed by atoms with Crippen LogP contribution in [0, 0.1) is 12.3 Å². The van der Waals surface area contributed by atoms with Crippen molar-refractivity contribution < 1.29 is 0 Å². The smallest absolute Gasteiger partial charge is 0.163 e. The Morgan fingerprint density at radius 2 is 2.06 bits per heavy atom. The monoisotopic (exact) mass is 247 g/mol. The summed E-state index contributed by atoms with van der Waals surface area (Å²) in [7, 11) is 0. The summed E-state index contributed by atoms with van der Waals surface area (Å²) in [6.07, 6.45) is 4.79. The molecule has 0 fully saturated rings. The summed E-state index contributed by atoms with van der Waals surface area (Å²) in [5.74, 6) is 0.975. The van der Waals surface area contributed by atoms with E-state index in [9.17, 15) is 0 Å². The second-order valence-electron chi connectivity index (χ2n) is 5.58. The zero-order valence-electron chi connectivity index (χ0n) is 11.3. The molecule has 2 aromatic heterocycles. The van der Waals surface area contributed by atoms with Gasteiger partial charge in [0.15, 0.2) is 5.65 Å². The number of hydrogen-bond donors (Lipinski definition) is 1.